The van der Waals surface area contributed by atoms with Crippen LogP contribution in [-0.4, -0.2) is 37.9 Å². The molecule has 0 amide bonds. The molecule has 0 aliphatic heterocycles. The molecule has 5 nitrogen and oxygen atoms in total. The number of unbranched alkanes of at least 4 members (excludes halogenated alkanes) is 19. The minimum atomic E-state index is -0.585. The topological polar surface area (TPSA) is 61.8 Å². The highest BCUT2D eigenvalue weighted by molar-refractivity contribution is 5.70. The fraction of sp³-hybridized carbons (Fsp3) is 0.651. The molecule has 0 aromatic carbocycles. The largest absolute Gasteiger partial charge is 0.462 e. The Labute approximate surface area is 420 Å². The van der Waals surface area contributed by atoms with Gasteiger partial charge in [0.2, 0.25) is 0 Å². The van der Waals surface area contributed by atoms with E-state index in [1.807, 2.05) is 6.08 Å². The summed E-state index contributed by atoms with van der Waals surface area (Å²) in [7, 11) is 0. The number of rotatable bonds is 50. The van der Waals surface area contributed by atoms with Crippen molar-refractivity contribution >= 4 is 11.9 Å². The van der Waals surface area contributed by atoms with Crippen molar-refractivity contribution in [3.05, 3.63) is 122 Å². The first-order valence-electron chi connectivity index (χ1n) is 28.1. The second-order valence-corrected chi connectivity index (χ2v) is 18.1. The van der Waals surface area contributed by atoms with Crippen LogP contribution >= 0.6 is 0 Å². The van der Waals surface area contributed by atoms with Crippen LogP contribution in [0.2, 0.25) is 0 Å². The van der Waals surface area contributed by atoms with Gasteiger partial charge in [-0.2, -0.15) is 0 Å². The maximum Gasteiger partial charge on any atom is 0.306 e. The Balaban J connectivity index is 4.44. The molecule has 0 saturated carbocycles. The third-order valence-electron chi connectivity index (χ3n) is 11.5. The molecule has 1 unspecified atom stereocenters. The van der Waals surface area contributed by atoms with Crippen molar-refractivity contribution in [2.45, 2.75) is 245 Å². The molecule has 0 spiro atoms. The highest BCUT2D eigenvalue weighted by atomic mass is 16.6. The Hall–Kier alpha value is -3.70. The van der Waals surface area contributed by atoms with Gasteiger partial charge < -0.3 is 14.2 Å². The van der Waals surface area contributed by atoms with Crippen molar-refractivity contribution in [1.82, 2.24) is 0 Å². The van der Waals surface area contributed by atoms with E-state index in [0.717, 1.165) is 96.3 Å². The van der Waals surface area contributed by atoms with Gasteiger partial charge in [-0.05, 0) is 116 Å². The molecule has 0 rings (SSSR count). The molecule has 0 aromatic heterocycles. The van der Waals surface area contributed by atoms with Gasteiger partial charge in [-0.25, -0.2) is 0 Å². The lowest BCUT2D eigenvalue weighted by molar-refractivity contribution is -0.162. The van der Waals surface area contributed by atoms with Crippen molar-refractivity contribution in [1.29, 1.82) is 0 Å². The number of ether oxygens (including phenoxy) is 3. The predicted molar refractivity (Wildman–Crippen MR) is 297 cm³/mol. The predicted octanol–water partition coefficient (Wildman–Crippen LogP) is 19.3. The maximum atomic E-state index is 12.9. The van der Waals surface area contributed by atoms with Crippen molar-refractivity contribution in [2.24, 2.45) is 0 Å². The zero-order chi connectivity index (χ0) is 49.2. The Bertz CT molecular complexity index is 1390. The number of carbonyl (C=O) groups is 2. The second kappa shape index (κ2) is 57.6. The van der Waals surface area contributed by atoms with Crippen LogP contribution in [0.15, 0.2) is 122 Å². The molecule has 5 heteroatoms. The average molecular weight is 942 g/mol. The highest BCUT2D eigenvalue weighted by Gasteiger charge is 2.17. The molecule has 0 heterocycles. The summed E-state index contributed by atoms with van der Waals surface area (Å²) in [6.45, 7) is 7.49. The van der Waals surface area contributed by atoms with Gasteiger partial charge in [0, 0.05) is 19.4 Å². The van der Waals surface area contributed by atoms with Crippen molar-refractivity contribution in [3.63, 3.8) is 0 Å². The van der Waals surface area contributed by atoms with E-state index in [9.17, 15) is 9.59 Å². The van der Waals surface area contributed by atoms with Gasteiger partial charge in [0.1, 0.15) is 6.61 Å². The van der Waals surface area contributed by atoms with Gasteiger partial charge in [-0.15, -0.1) is 0 Å². The monoisotopic (exact) mass is 941 g/mol. The van der Waals surface area contributed by atoms with E-state index >= 15 is 0 Å². The first-order valence-corrected chi connectivity index (χ1v) is 28.1. The SMILES string of the molecule is CC/C=C\C/C=C\C/C=C\C/C=C\C/C=C\C/C=C\CCC(=O)OCC(COCCCCCCCC/C=C\C/C=C\C/C=C\CC)OC(=O)CCCCCCCCC/C=C\CCCCCCCC. The van der Waals surface area contributed by atoms with Gasteiger partial charge in [0.25, 0.3) is 0 Å². The van der Waals surface area contributed by atoms with Crippen molar-refractivity contribution < 1.29 is 23.8 Å². The Morgan fingerprint density at radius 2 is 0.691 bits per heavy atom. The number of allylic oxidation sites excluding steroid dienone is 20. The summed E-state index contributed by atoms with van der Waals surface area (Å²) in [6.07, 6.45) is 80.8. The van der Waals surface area contributed by atoms with Crippen LogP contribution in [0.3, 0.4) is 0 Å². The normalized spacial score (nSPS) is 13.2. The molecule has 0 saturated heterocycles. The third kappa shape index (κ3) is 54.9. The van der Waals surface area contributed by atoms with E-state index in [2.05, 4.69) is 136 Å². The minimum Gasteiger partial charge on any atom is -0.462 e. The Morgan fingerprint density at radius 3 is 1.13 bits per heavy atom. The Morgan fingerprint density at radius 1 is 0.338 bits per heavy atom. The summed E-state index contributed by atoms with van der Waals surface area (Å²) < 4.78 is 17.4. The highest BCUT2D eigenvalue weighted by Crippen LogP contribution is 2.13. The summed E-state index contributed by atoms with van der Waals surface area (Å²) >= 11 is 0. The number of hydrogen-bond donors (Lipinski definition) is 0. The fourth-order valence-electron chi connectivity index (χ4n) is 7.37. The van der Waals surface area contributed by atoms with Gasteiger partial charge in [-0.3, -0.25) is 9.59 Å². The average Bonchev–Trinajstić information content (AvgIpc) is 3.34. The lowest BCUT2D eigenvalue weighted by Gasteiger charge is -2.18. The molecule has 0 fully saturated rings. The molecule has 0 bridgehead atoms. The summed E-state index contributed by atoms with van der Waals surface area (Å²) in [5.74, 6) is -0.510. The maximum absolute atomic E-state index is 12.9. The summed E-state index contributed by atoms with van der Waals surface area (Å²) in [4.78, 5) is 25.5. The van der Waals surface area contributed by atoms with Crippen LogP contribution in [0, 0.1) is 0 Å². The second-order valence-electron chi connectivity index (χ2n) is 18.1. The van der Waals surface area contributed by atoms with Gasteiger partial charge in [-0.1, -0.05) is 232 Å². The molecular weight excluding hydrogens is 837 g/mol. The quantitative estimate of drug-likeness (QED) is 0.0345. The van der Waals surface area contributed by atoms with E-state index in [-0.39, 0.29) is 25.2 Å². The fourth-order valence-corrected chi connectivity index (χ4v) is 7.37. The van der Waals surface area contributed by atoms with E-state index in [4.69, 9.17) is 14.2 Å². The van der Waals surface area contributed by atoms with Crippen LogP contribution < -0.4 is 0 Å². The van der Waals surface area contributed by atoms with Crippen LogP contribution in [0.25, 0.3) is 0 Å². The smallest absolute Gasteiger partial charge is 0.306 e. The first kappa shape index (κ1) is 64.3. The van der Waals surface area contributed by atoms with Crippen molar-refractivity contribution in [2.75, 3.05) is 19.8 Å². The van der Waals surface area contributed by atoms with Crippen LogP contribution in [0.4, 0.5) is 0 Å². The van der Waals surface area contributed by atoms with Crippen LogP contribution in [0.1, 0.15) is 239 Å². The summed E-state index contributed by atoms with van der Waals surface area (Å²) in [5, 5.41) is 0. The molecular formula is C63H104O5. The van der Waals surface area contributed by atoms with Crippen LogP contribution in [-0.2, 0) is 23.8 Å². The zero-order valence-electron chi connectivity index (χ0n) is 44.3. The molecule has 0 N–H and O–H groups in total. The van der Waals surface area contributed by atoms with E-state index in [1.54, 1.807) is 0 Å². The van der Waals surface area contributed by atoms with E-state index in [1.165, 1.54) is 103 Å². The third-order valence-corrected chi connectivity index (χ3v) is 11.5. The summed E-state index contributed by atoms with van der Waals surface area (Å²) in [6, 6.07) is 0. The zero-order valence-corrected chi connectivity index (χ0v) is 44.3. The van der Waals surface area contributed by atoms with Gasteiger partial charge in [0.05, 0.1) is 6.61 Å². The Kier molecular flexibility index (Phi) is 54.5. The lowest BCUT2D eigenvalue weighted by Crippen LogP contribution is -2.30. The molecule has 386 valence electrons. The first-order chi connectivity index (χ1) is 33.6. The molecule has 1 atom stereocenters. The van der Waals surface area contributed by atoms with Crippen LogP contribution in [0.5, 0.6) is 0 Å². The minimum absolute atomic E-state index is 0.0313. The lowest BCUT2D eigenvalue weighted by atomic mass is 10.1. The summed E-state index contributed by atoms with van der Waals surface area (Å²) in [5.41, 5.74) is 0. The van der Waals surface area contributed by atoms with E-state index in [0.29, 0.717) is 25.9 Å². The molecule has 0 aromatic rings. The van der Waals surface area contributed by atoms with E-state index < -0.39 is 6.10 Å². The molecule has 0 aliphatic rings. The number of hydrogen-bond acceptors (Lipinski definition) is 5. The standard InChI is InChI=1S/C63H104O5/c1-4-7-10-13-16-19-22-25-28-31-32-34-35-38-41-44-47-50-53-56-62(64)67-60-61(59-66-58-55-52-49-46-43-40-37-30-27-24-21-18-15-12-9-6-3)68-63(65)57-54-51-48-45-42-39-36-33-29-26-23-20-17-14-11-8-5-2/h7,9-10,12,16,18-19,21,25-30,32,34,38,41,47,50,61H,4-6,8,11,13-15,17,20,22-24,31,33,35-37,39-40,42-46,48-49,51-60H2,1-3H3/b10-7-,12-9-,19-16-,21-18-,28-25-,29-26-,30-27-,34-32-,41-38-,50-47-. The number of carbonyl (C=O) groups excluding carboxylic acids is 2. The molecule has 68 heavy (non-hydrogen) atoms. The molecule has 0 radical (unpaired) electrons. The number of esters is 2. The van der Waals surface area contributed by atoms with Gasteiger partial charge in [0.15, 0.2) is 6.10 Å². The van der Waals surface area contributed by atoms with Gasteiger partial charge >= 0.3 is 11.9 Å². The van der Waals surface area contributed by atoms with Crippen molar-refractivity contribution in [3.8, 4) is 0 Å². The molecule has 0 aliphatic carbocycles.